The minimum Gasteiger partial charge on any atom is -0.385 e. The quantitative estimate of drug-likeness (QED) is 0.840. The van der Waals surface area contributed by atoms with E-state index >= 15 is 0 Å². The maximum absolute atomic E-state index is 5.20. The molecule has 0 aromatic heterocycles. The van der Waals surface area contributed by atoms with Crippen LogP contribution >= 0.6 is 11.8 Å². The molecular weight excluding hydrogens is 280 g/mol. The molecule has 3 nitrogen and oxygen atoms in total. The summed E-state index contributed by atoms with van der Waals surface area (Å²) in [6, 6.07) is 11.2. The highest BCUT2D eigenvalue weighted by Gasteiger charge is 2.42. The number of hydrogen-bond acceptors (Lipinski definition) is 3. The lowest BCUT2D eigenvalue weighted by Gasteiger charge is -2.12. The highest BCUT2D eigenvalue weighted by molar-refractivity contribution is 8.14. The smallest absolute Gasteiger partial charge is 0.156 e. The zero-order valence-electron chi connectivity index (χ0n) is 12.7. The van der Waals surface area contributed by atoms with E-state index in [1.54, 1.807) is 7.11 Å². The van der Waals surface area contributed by atoms with Gasteiger partial charge in [0.15, 0.2) is 5.17 Å². The van der Waals surface area contributed by atoms with Crippen LogP contribution in [0.15, 0.2) is 35.3 Å². The van der Waals surface area contributed by atoms with E-state index in [0.717, 1.165) is 36.9 Å². The normalized spacial score (nSPS) is 25.0. The van der Waals surface area contributed by atoms with E-state index in [4.69, 9.17) is 9.73 Å². The van der Waals surface area contributed by atoms with Crippen molar-refractivity contribution in [2.75, 3.05) is 26.0 Å². The summed E-state index contributed by atoms with van der Waals surface area (Å²) in [6.07, 6.45) is 4.86. The van der Waals surface area contributed by atoms with Crippen LogP contribution in [-0.4, -0.2) is 37.2 Å². The molecule has 2 aliphatic rings. The Kier molecular flexibility index (Phi) is 4.86. The highest BCUT2D eigenvalue weighted by Crippen LogP contribution is 2.49. The van der Waals surface area contributed by atoms with Crippen LogP contribution in [0.1, 0.15) is 24.8 Å². The van der Waals surface area contributed by atoms with E-state index in [9.17, 15) is 0 Å². The van der Waals surface area contributed by atoms with Crippen LogP contribution in [0.3, 0.4) is 0 Å². The molecule has 1 N–H and O–H groups in total. The first-order chi connectivity index (χ1) is 10.3. The maximum Gasteiger partial charge on any atom is 0.156 e. The molecule has 0 bridgehead atoms. The Morgan fingerprint density at radius 3 is 2.86 bits per heavy atom. The molecule has 1 heterocycles. The van der Waals surface area contributed by atoms with Gasteiger partial charge in [-0.3, -0.25) is 4.99 Å². The number of thioether (sulfide) groups is 1. The molecule has 1 aliphatic heterocycles. The van der Waals surface area contributed by atoms with Crippen molar-refractivity contribution in [1.82, 2.24) is 5.32 Å². The maximum atomic E-state index is 5.20. The van der Waals surface area contributed by atoms with Crippen LogP contribution in [0.2, 0.25) is 0 Å². The zero-order valence-corrected chi connectivity index (χ0v) is 13.5. The first kappa shape index (κ1) is 14.9. The van der Waals surface area contributed by atoms with Crippen molar-refractivity contribution in [1.29, 1.82) is 0 Å². The Morgan fingerprint density at radius 2 is 2.14 bits per heavy atom. The topological polar surface area (TPSA) is 33.6 Å². The summed E-state index contributed by atoms with van der Waals surface area (Å²) in [4.78, 5) is 4.82. The monoisotopic (exact) mass is 304 g/mol. The van der Waals surface area contributed by atoms with Gasteiger partial charge < -0.3 is 10.1 Å². The molecule has 4 heteroatoms. The number of ether oxygens (including phenoxy) is 1. The number of aliphatic imine (C=N–C) groups is 1. The molecule has 3 rings (SSSR count). The van der Waals surface area contributed by atoms with Gasteiger partial charge in [0.2, 0.25) is 0 Å². The summed E-state index contributed by atoms with van der Waals surface area (Å²) in [5.74, 6) is 1.12. The molecule has 0 spiro atoms. The molecule has 1 aromatic rings. The lowest BCUT2D eigenvalue weighted by molar-refractivity contribution is 0.174. The second kappa shape index (κ2) is 6.84. The van der Waals surface area contributed by atoms with Gasteiger partial charge in [-0.15, -0.1) is 0 Å². The van der Waals surface area contributed by atoms with Crippen molar-refractivity contribution in [2.45, 2.75) is 31.7 Å². The average Bonchev–Trinajstić information content (AvgIpc) is 3.16. The Balaban J connectivity index is 1.47. The lowest BCUT2D eigenvalue weighted by atomic mass is 10.0. The molecule has 114 valence electrons. The second-order valence-electron chi connectivity index (χ2n) is 6.21. The minimum atomic E-state index is 0.447. The van der Waals surface area contributed by atoms with Crippen LogP contribution in [0.5, 0.6) is 0 Å². The van der Waals surface area contributed by atoms with Crippen LogP contribution < -0.4 is 5.32 Å². The van der Waals surface area contributed by atoms with Crippen molar-refractivity contribution in [3.63, 3.8) is 0 Å². The van der Waals surface area contributed by atoms with Gasteiger partial charge in [-0.25, -0.2) is 0 Å². The summed E-state index contributed by atoms with van der Waals surface area (Å²) in [6.45, 7) is 1.83. The first-order valence-electron chi connectivity index (χ1n) is 7.76. The molecule has 2 fully saturated rings. The Morgan fingerprint density at radius 1 is 1.33 bits per heavy atom. The third kappa shape index (κ3) is 4.24. The molecular formula is C17H24N2OS. The number of nitrogens with one attached hydrogen (secondary N) is 1. The summed E-state index contributed by atoms with van der Waals surface area (Å²) < 4.78 is 5.20. The Bertz CT molecular complexity index is 485. The van der Waals surface area contributed by atoms with Gasteiger partial charge in [0.25, 0.3) is 0 Å². The molecule has 1 aromatic carbocycles. The third-order valence-corrected chi connectivity index (χ3v) is 5.51. The number of hydrogen-bond donors (Lipinski definition) is 1. The van der Waals surface area contributed by atoms with E-state index in [2.05, 4.69) is 35.6 Å². The van der Waals surface area contributed by atoms with Crippen molar-refractivity contribution in [3.05, 3.63) is 35.9 Å². The molecule has 0 amide bonds. The molecule has 0 radical (unpaired) electrons. The molecule has 1 aliphatic carbocycles. The summed E-state index contributed by atoms with van der Waals surface area (Å²) in [5.41, 5.74) is 1.85. The fourth-order valence-corrected chi connectivity index (χ4v) is 3.73. The SMILES string of the molecule is COCCC1(CN=C2NC(Cc3ccccc3)CS2)CC1. The molecule has 1 saturated carbocycles. The van der Waals surface area contributed by atoms with Gasteiger partial charge in [0.1, 0.15) is 0 Å². The number of rotatable bonds is 7. The van der Waals surface area contributed by atoms with Crippen LogP contribution in [0, 0.1) is 5.41 Å². The van der Waals surface area contributed by atoms with E-state index in [-0.39, 0.29) is 0 Å². The lowest BCUT2D eigenvalue weighted by Crippen LogP contribution is -2.29. The number of amidine groups is 1. The third-order valence-electron chi connectivity index (χ3n) is 4.43. The van der Waals surface area contributed by atoms with Gasteiger partial charge in [0.05, 0.1) is 0 Å². The Hall–Kier alpha value is -1.00. The van der Waals surface area contributed by atoms with Crippen molar-refractivity contribution < 1.29 is 4.74 Å². The van der Waals surface area contributed by atoms with E-state index < -0.39 is 0 Å². The molecule has 1 atom stereocenters. The van der Waals surface area contributed by atoms with Gasteiger partial charge in [0, 0.05) is 32.1 Å². The minimum absolute atomic E-state index is 0.447. The van der Waals surface area contributed by atoms with Crippen molar-refractivity contribution >= 4 is 16.9 Å². The van der Waals surface area contributed by atoms with E-state index in [1.807, 2.05) is 11.8 Å². The van der Waals surface area contributed by atoms with Gasteiger partial charge >= 0.3 is 0 Å². The van der Waals surface area contributed by atoms with Crippen molar-refractivity contribution in [2.24, 2.45) is 10.4 Å². The van der Waals surface area contributed by atoms with Crippen LogP contribution in [-0.2, 0) is 11.2 Å². The fraction of sp³-hybridized carbons (Fsp3) is 0.588. The van der Waals surface area contributed by atoms with Gasteiger partial charge in [-0.2, -0.15) is 0 Å². The van der Waals surface area contributed by atoms with Gasteiger partial charge in [-0.1, -0.05) is 42.1 Å². The van der Waals surface area contributed by atoms with Gasteiger partial charge in [-0.05, 0) is 36.7 Å². The van der Waals surface area contributed by atoms with Crippen LogP contribution in [0.25, 0.3) is 0 Å². The fourth-order valence-electron chi connectivity index (χ4n) is 2.76. The summed E-state index contributed by atoms with van der Waals surface area (Å²) in [5, 5.41) is 4.72. The number of nitrogens with zero attached hydrogens (tertiary/aromatic N) is 1. The van der Waals surface area contributed by atoms with Crippen LogP contribution in [0.4, 0.5) is 0 Å². The largest absolute Gasteiger partial charge is 0.385 e. The molecule has 1 saturated heterocycles. The molecule has 1 unspecified atom stereocenters. The predicted molar refractivity (Wildman–Crippen MR) is 90.0 cm³/mol. The number of methoxy groups -OCH3 is 1. The first-order valence-corrected chi connectivity index (χ1v) is 8.75. The average molecular weight is 304 g/mol. The van der Waals surface area contributed by atoms with E-state index in [1.165, 1.54) is 18.4 Å². The standard InChI is InChI=1S/C17H24N2OS/c1-20-10-9-17(7-8-17)13-18-16-19-15(12-21-16)11-14-5-3-2-4-6-14/h2-6,15H,7-13H2,1H3,(H,18,19). The molecule has 21 heavy (non-hydrogen) atoms. The predicted octanol–water partition coefficient (Wildman–Crippen LogP) is 3.11. The Labute approximate surface area is 131 Å². The number of benzene rings is 1. The summed E-state index contributed by atoms with van der Waals surface area (Å²) >= 11 is 1.87. The second-order valence-corrected chi connectivity index (χ2v) is 7.21. The summed E-state index contributed by atoms with van der Waals surface area (Å²) in [7, 11) is 1.78. The zero-order chi connectivity index (χ0) is 14.5. The highest BCUT2D eigenvalue weighted by atomic mass is 32.2. The van der Waals surface area contributed by atoms with Crippen molar-refractivity contribution in [3.8, 4) is 0 Å². The van der Waals surface area contributed by atoms with E-state index in [0.29, 0.717) is 11.5 Å².